The maximum Gasteiger partial charge on any atom is 0.250 e. The van der Waals surface area contributed by atoms with E-state index in [4.69, 9.17) is 11.6 Å². The Labute approximate surface area is 101 Å². The van der Waals surface area contributed by atoms with E-state index < -0.39 is 6.43 Å². The van der Waals surface area contributed by atoms with Crippen molar-refractivity contribution in [3.63, 3.8) is 0 Å². The van der Waals surface area contributed by atoms with E-state index in [1.54, 1.807) is 0 Å². The van der Waals surface area contributed by atoms with Crippen molar-refractivity contribution < 1.29 is 8.78 Å². The van der Waals surface area contributed by atoms with Crippen molar-refractivity contribution in [3.8, 4) is 0 Å². The van der Waals surface area contributed by atoms with Crippen molar-refractivity contribution in [1.82, 2.24) is 5.32 Å². The Balaban J connectivity index is 2.15. The van der Waals surface area contributed by atoms with E-state index in [0.29, 0.717) is 11.6 Å². The van der Waals surface area contributed by atoms with Crippen molar-refractivity contribution in [2.45, 2.75) is 13.0 Å². The Morgan fingerprint density at radius 2 is 2.06 bits per heavy atom. The van der Waals surface area contributed by atoms with Gasteiger partial charge in [0.15, 0.2) is 0 Å². The highest BCUT2D eigenvalue weighted by molar-refractivity contribution is 7.19. The van der Waals surface area contributed by atoms with E-state index in [0.717, 1.165) is 15.0 Å². The lowest BCUT2D eigenvalue weighted by atomic mass is 10.2. The molecule has 0 saturated heterocycles. The molecule has 0 bridgehead atoms. The number of halogens is 3. The predicted octanol–water partition coefficient (Wildman–Crippen LogP) is 3.91. The summed E-state index contributed by atoms with van der Waals surface area (Å²) < 4.78 is 25.0. The molecule has 0 amide bonds. The number of rotatable bonds is 4. The zero-order chi connectivity index (χ0) is 11.5. The van der Waals surface area contributed by atoms with Gasteiger partial charge in [0, 0.05) is 21.5 Å². The fourth-order valence-electron chi connectivity index (χ4n) is 1.47. The zero-order valence-corrected chi connectivity index (χ0v) is 9.92. The molecule has 1 aromatic heterocycles. The minimum atomic E-state index is -2.33. The van der Waals surface area contributed by atoms with Gasteiger partial charge in [0.2, 0.25) is 0 Å². The lowest BCUT2D eigenvalue weighted by Gasteiger charge is -2.01. The molecule has 0 saturated carbocycles. The first-order valence-corrected chi connectivity index (χ1v) is 6.02. The number of nitrogens with one attached hydrogen (secondary N) is 1. The summed E-state index contributed by atoms with van der Waals surface area (Å²) in [7, 11) is 0. The van der Waals surface area contributed by atoms with Crippen LogP contribution in [0.2, 0.25) is 5.02 Å². The molecule has 5 heteroatoms. The van der Waals surface area contributed by atoms with Crippen LogP contribution in [0.3, 0.4) is 0 Å². The highest BCUT2D eigenvalue weighted by Gasteiger charge is 2.10. The molecule has 0 radical (unpaired) electrons. The van der Waals surface area contributed by atoms with E-state index in [2.05, 4.69) is 5.32 Å². The van der Waals surface area contributed by atoms with Crippen molar-refractivity contribution in [2.75, 3.05) is 6.54 Å². The molecule has 0 aliphatic carbocycles. The average molecular weight is 262 g/mol. The van der Waals surface area contributed by atoms with Crippen LogP contribution < -0.4 is 5.32 Å². The summed E-state index contributed by atoms with van der Waals surface area (Å²) in [5.41, 5.74) is 0. The number of benzene rings is 1. The van der Waals surface area contributed by atoms with Gasteiger partial charge in [0.05, 0.1) is 11.6 Å². The molecule has 0 unspecified atom stereocenters. The lowest BCUT2D eigenvalue weighted by Crippen LogP contribution is -2.20. The third-order valence-corrected chi connectivity index (χ3v) is 3.90. The van der Waals surface area contributed by atoms with E-state index in [1.165, 1.54) is 11.3 Å². The maximum absolute atomic E-state index is 12.0. The van der Waals surface area contributed by atoms with Crippen LogP contribution in [0.5, 0.6) is 0 Å². The normalized spacial score (nSPS) is 11.5. The van der Waals surface area contributed by atoms with Crippen LogP contribution in [-0.2, 0) is 6.54 Å². The molecule has 2 rings (SSSR count). The fraction of sp³-hybridized carbons (Fsp3) is 0.273. The van der Waals surface area contributed by atoms with Gasteiger partial charge >= 0.3 is 0 Å². The summed E-state index contributed by atoms with van der Waals surface area (Å²) in [4.78, 5) is 0.906. The number of hydrogen-bond donors (Lipinski definition) is 1. The molecule has 1 aromatic carbocycles. The second kappa shape index (κ2) is 5.08. The van der Waals surface area contributed by atoms with Crippen molar-refractivity contribution >= 4 is 33.0 Å². The summed E-state index contributed by atoms with van der Waals surface area (Å²) in [5.74, 6) is 0. The van der Waals surface area contributed by atoms with Crippen molar-refractivity contribution in [3.05, 3.63) is 34.2 Å². The number of alkyl halides is 2. The minimum absolute atomic E-state index is 0.301. The smallest absolute Gasteiger partial charge is 0.250 e. The van der Waals surface area contributed by atoms with Gasteiger partial charge < -0.3 is 5.32 Å². The van der Waals surface area contributed by atoms with Gasteiger partial charge in [-0.2, -0.15) is 0 Å². The Bertz CT molecular complexity index is 484. The first-order valence-electron chi connectivity index (χ1n) is 4.83. The Morgan fingerprint density at radius 1 is 1.31 bits per heavy atom. The number of fused-ring (bicyclic) bond motifs is 1. The Hall–Kier alpha value is -0.710. The third kappa shape index (κ3) is 2.51. The largest absolute Gasteiger partial charge is 0.306 e. The van der Waals surface area contributed by atoms with Gasteiger partial charge in [-0.05, 0) is 6.07 Å². The second-order valence-electron chi connectivity index (χ2n) is 3.36. The SMILES string of the molecule is FC(F)CNCc1sc2ccccc2c1Cl. The van der Waals surface area contributed by atoms with Gasteiger partial charge in [-0.25, -0.2) is 8.78 Å². The molecule has 0 atom stereocenters. The quantitative estimate of drug-likeness (QED) is 0.880. The van der Waals surface area contributed by atoms with E-state index >= 15 is 0 Å². The van der Waals surface area contributed by atoms with Crippen molar-refractivity contribution in [1.29, 1.82) is 0 Å². The van der Waals surface area contributed by atoms with Crippen molar-refractivity contribution in [2.24, 2.45) is 0 Å². The molecule has 16 heavy (non-hydrogen) atoms. The van der Waals surface area contributed by atoms with Crippen LogP contribution in [0, 0.1) is 0 Å². The number of hydrogen-bond acceptors (Lipinski definition) is 2. The van der Waals surface area contributed by atoms with Gasteiger partial charge in [-0.3, -0.25) is 0 Å². The summed E-state index contributed by atoms with van der Waals surface area (Å²) >= 11 is 7.69. The summed E-state index contributed by atoms with van der Waals surface area (Å²) in [6.07, 6.45) is -2.33. The number of thiophene rings is 1. The zero-order valence-electron chi connectivity index (χ0n) is 8.34. The summed E-state index contributed by atoms with van der Waals surface area (Å²) in [6, 6.07) is 7.76. The first kappa shape index (κ1) is 11.8. The van der Waals surface area contributed by atoms with Crippen LogP contribution in [0.15, 0.2) is 24.3 Å². The molecular weight excluding hydrogens is 252 g/mol. The molecule has 86 valence electrons. The molecule has 1 nitrogen and oxygen atoms in total. The first-order chi connectivity index (χ1) is 7.68. The van der Waals surface area contributed by atoms with Crippen LogP contribution in [0.25, 0.3) is 10.1 Å². The van der Waals surface area contributed by atoms with E-state index in [-0.39, 0.29) is 6.54 Å². The molecule has 2 aromatic rings. The van der Waals surface area contributed by atoms with Crippen LogP contribution in [0.1, 0.15) is 4.88 Å². The Morgan fingerprint density at radius 3 is 2.75 bits per heavy atom. The fourth-order valence-corrected chi connectivity index (χ4v) is 2.94. The molecule has 1 heterocycles. The van der Waals surface area contributed by atoms with Crippen LogP contribution in [0.4, 0.5) is 8.78 Å². The van der Waals surface area contributed by atoms with Gasteiger partial charge in [-0.15, -0.1) is 11.3 Å². The second-order valence-corrected chi connectivity index (χ2v) is 4.87. The topological polar surface area (TPSA) is 12.0 Å². The summed E-state index contributed by atoms with van der Waals surface area (Å²) in [6.45, 7) is 0.0904. The lowest BCUT2D eigenvalue weighted by molar-refractivity contribution is 0.145. The molecule has 0 spiro atoms. The van der Waals surface area contributed by atoms with E-state index in [9.17, 15) is 8.78 Å². The van der Waals surface area contributed by atoms with Crippen LogP contribution >= 0.6 is 22.9 Å². The van der Waals surface area contributed by atoms with E-state index in [1.807, 2.05) is 24.3 Å². The third-order valence-electron chi connectivity index (χ3n) is 2.19. The monoisotopic (exact) mass is 261 g/mol. The Kier molecular flexibility index (Phi) is 3.74. The predicted molar refractivity (Wildman–Crippen MR) is 64.5 cm³/mol. The molecule has 0 aliphatic heterocycles. The maximum atomic E-state index is 12.0. The highest BCUT2D eigenvalue weighted by atomic mass is 35.5. The summed E-state index contributed by atoms with van der Waals surface area (Å²) in [5, 5.41) is 4.34. The molecule has 0 aliphatic rings. The minimum Gasteiger partial charge on any atom is -0.306 e. The molecular formula is C11H10ClF2NS. The average Bonchev–Trinajstić information content (AvgIpc) is 2.56. The highest BCUT2D eigenvalue weighted by Crippen LogP contribution is 2.34. The molecule has 1 N–H and O–H groups in total. The van der Waals surface area contributed by atoms with Gasteiger partial charge in [0.25, 0.3) is 6.43 Å². The van der Waals surface area contributed by atoms with Crippen LogP contribution in [-0.4, -0.2) is 13.0 Å². The standard InChI is InChI=1S/C11H10ClF2NS/c12-11-7-3-1-2-4-8(7)16-9(11)5-15-6-10(13)14/h1-4,10,15H,5-6H2. The molecule has 0 fully saturated rings. The van der Waals surface area contributed by atoms with Gasteiger partial charge in [0.1, 0.15) is 0 Å². The van der Waals surface area contributed by atoms with Gasteiger partial charge in [-0.1, -0.05) is 29.8 Å².